The molecule has 7 atom stereocenters. The van der Waals surface area contributed by atoms with Crippen molar-refractivity contribution in [3.8, 4) is 11.5 Å². The molecule has 2 aliphatic rings. The van der Waals surface area contributed by atoms with Crippen molar-refractivity contribution in [3.63, 3.8) is 0 Å². The van der Waals surface area contributed by atoms with Crippen molar-refractivity contribution in [2.24, 2.45) is 11.8 Å². The van der Waals surface area contributed by atoms with Crippen LogP contribution in [0.5, 0.6) is 11.5 Å². The summed E-state index contributed by atoms with van der Waals surface area (Å²) < 4.78 is 49.0. The van der Waals surface area contributed by atoms with Gasteiger partial charge in [0, 0.05) is 7.11 Å². The number of hydrogen-bond donors (Lipinski definition) is 1. The number of esters is 5. The second kappa shape index (κ2) is 16.7. The number of carbonyl (C=O) groups excluding carboxylic acids is 5. The zero-order valence-electron chi connectivity index (χ0n) is 25.6. The standard InChI is InChI=1S/C30H38O15/c1-6-40-25(32)16-11-8-9-12-17(26(33)41-7-2)28(35)45-24-23(44-27(16)34)22(20(15-31)42-30(24)39-5)43-29(36)21-18(37-3)13-10-14-19(21)38-4/h8-10,13-14,16-17,20,22-24,30-31H,6-7,11-12,15H2,1-5H3/b9-8+/t16-,17-,20-,22-,23+,24-,30+/m1/s1. The van der Waals surface area contributed by atoms with Gasteiger partial charge in [0.15, 0.2) is 36.4 Å². The molecule has 3 rings (SSSR count). The largest absolute Gasteiger partial charge is 0.496 e. The van der Waals surface area contributed by atoms with E-state index in [2.05, 4.69) is 0 Å². The third-order valence-corrected chi connectivity index (χ3v) is 7.00. The lowest BCUT2D eigenvalue weighted by atomic mass is 9.96. The molecule has 1 aromatic carbocycles. The van der Waals surface area contributed by atoms with Gasteiger partial charge >= 0.3 is 29.8 Å². The number of benzene rings is 1. The molecule has 1 N–H and O–H groups in total. The molecule has 248 valence electrons. The molecule has 15 nitrogen and oxygen atoms in total. The lowest BCUT2D eigenvalue weighted by Gasteiger charge is -2.44. The van der Waals surface area contributed by atoms with Crippen molar-refractivity contribution in [2.45, 2.75) is 57.4 Å². The summed E-state index contributed by atoms with van der Waals surface area (Å²) in [5.41, 5.74) is -0.141. The second-order valence-electron chi connectivity index (χ2n) is 9.72. The van der Waals surface area contributed by atoms with Gasteiger partial charge in [-0.05, 0) is 38.8 Å². The van der Waals surface area contributed by atoms with Crippen molar-refractivity contribution < 1.29 is 71.7 Å². The molecule has 0 aromatic heterocycles. The van der Waals surface area contributed by atoms with Crippen molar-refractivity contribution in [1.29, 1.82) is 0 Å². The minimum atomic E-state index is -1.72. The van der Waals surface area contributed by atoms with Gasteiger partial charge in [0.1, 0.15) is 23.2 Å². The van der Waals surface area contributed by atoms with Crippen LogP contribution in [0.4, 0.5) is 0 Å². The van der Waals surface area contributed by atoms with Crippen LogP contribution in [0.2, 0.25) is 0 Å². The average molecular weight is 639 g/mol. The number of carbonyl (C=O) groups is 5. The molecule has 1 saturated heterocycles. The van der Waals surface area contributed by atoms with E-state index in [1.807, 2.05) is 0 Å². The minimum Gasteiger partial charge on any atom is -0.496 e. The molecule has 0 unspecified atom stereocenters. The highest BCUT2D eigenvalue weighted by molar-refractivity contribution is 5.97. The summed E-state index contributed by atoms with van der Waals surface area (Å²) in [6, 6.07) is 4.54. The van der Waals surface area contributed by atoms with Crippen LogP contribution in [0.1, 0.15) is 37.0 Å². The number of aliphatic hydroxyl groups excluding tert-OH is 1. The third-order valence-electron chi connectivity index (χ3n) is 7.00. The van der Waals surface area contributed by atoms with Crippen LogP contribution in [0.3, 0.4) is 0 Å². The van der Waals surface area contributed by atoms with Crippen molar-refractivity contribution in [3.05, 3.63) is 35.9 Å². The number of allylic oxidation sites excluding steroid dienone is 2. The maximum absolute atomic E-state index is 13.6. The molecule has 0 radical (unpaired) electrons. The van der Waals surface area contributed by atoms with Gasteiger partial charge in [-0.25, -0.2) is 4.79 Å². The third kappa shape index (κ3) is 8.29. The van der Waals surface area contributed by atoms with Crippen LogP contribution in [0.25, 0.3) is 0 Å². The van der Waals surface area contributed by atoms with E-state index in [1.165, 1.54) is 45.6 Å². The normalized spacial score (nSPS) is 27.6. The quantitative estimate of drug-likeness (QED) is 0.166. The molecule has 0 bridgehead atoms. The summed E-state index contributed by atoms with van der Waals surface area (Å²) in [5.74, 6) is -7.77. The number of aliphatic hydroxyl groups is 1. The predicted octanol–water partition coefficient (Wildman–Crippen LogP) is 1.13. The van der Waals surface area contributed by atoms with Crippen LogP contribution < -0.4 is 9.47 Å². The van der Waals surface area contributed by atoms with Crippen LogP contribution in [-0.2, 0) is 52.3 Å². The average Bonchev–Trinajstić information content (AvgIpc) is 3.03. The summed E-state index contributed by atoms with van der Waals surface area (Å²) in [5, 5.41) is 10.2. The first kappa shape index (κ1) is 35.3. The Hall–Kier alpha value is -4.21. The summed E-state index contributed by atoms with van der Waals surface area (Å²) >= 11 is 0. The van der Waals surface area contributed by atoms with Gasteiger partial charge in [0.2, 0.25) is 0 Å². The molecule has 2 aliphatic heterocycles. The minimum absolute atomic E-state index is 0.0205. The molecule has 2 heterocycles. The summed E-state index contributed by atoms with van der Waals surface area (Å²) in [4.78, 5) is 66.1. The molecule has 45 heavy (non-hydrogen) atoms. The van der Waals surface area contributed by atoms with Crippen molar-refractivity contribution in [2.75, 3.05) is 41.2 Å². The Morgan fingerprint density at radius 1 is 0.844 bits per heavy atom. The van der Waals surface area contributed by atoms with E-state index in [0.717, 1.165) is 0 Å². The maximum Gasteiger partial charge on any atom is 0.346 e. The molecule has 0 saturated carbocycles. The first-order valence-electron chi connectivity index (χ1n) is 14.3. The Balaban J connectivity index is 2.14. The van der Waals surface area contributed by atoms with Crippen LogP contribution in [0, 0.1) is 11.8 Å². The number of fused-ring (bicyclic) bond motifs is 1. The molecule has 0 spiro atoms. The summed E-state index contributed by atoms with van der Waals surface area (Å²) in [6.07, 6.45) is -5.44. The summed E-state index contributed by atoms with van der Waals surface area (Å²) in [6.45, 7) is 2.30. The zero-order valence-corrected chi connectivity index (χ0v) is 25.6. The highest BCUT2D eigenvalue weighted by atomic mass is 16.7. The van der Waals surface area contributed by atoms with Gasteiger partial charge in [-0.1, -0.05) is 18.2 Å². The van der Waals surface area contributed by atoms with E-state index < -0.39 is 79.0 Å². The summed E-state index contributed by atoms with van der Waals surface area (Å²) in [7, 11) is 3.84. The van der Waals surface area contributed by atoms with E-state index in [4.69, 9.17) is 42.6 Å². The molecule has 1 aromatic rings. The lowest BCUT2D eigenvalue weighted by Crippen LogP contribution is -2.63. The molecular formula is C30H38O15. The molecular weight excluding hydrogens is 600 g/mol. The number of ether oxygens (including phenoxy) is 9. The zero-order chi connectivity index (χ0) is 33.1. The SMILES string of the molecule is CCOC(=O)[C@H]1C/C=C/C[C@H](C(=O)OCC)C(=O)O[C@H]2[C@@H](OC)O[C@H](CO)[C@@H](OC(=O)c3c(OC)cccc3OC)[C@@H]2OC1=O. The highest BCUT2D eigenvalue weighted by Crippen LogP contribution is 2.34. The predicted molar refractivity (Wildman–Crippen MR) is 150 cm³/mol. The Morgan fingerprint density at radius 2 is 1.36 bits per heavy atom. The number of rotatable bonds is 10. The van der Waals surface area contributed by atoms with E-state index >= 15 is 0 Å². The van der Waals surface area contributed by atoms with Crippen LogP contribution >= 0.6 is 0 Å². The van der Waals surface area contributed by atoms with E-state index in [-0.39, 0.29) is 43.1 Å². The first-order chi connectivity index (χ1) is 21.6. The van der Waals surface area contributed by atoms with Gasteiger partial charge in [-0.2, -0.15) is 0 Å². The van der Waals surface area contributed by atoms with E-state index in [0.29, 0.717) is 0 Å². The number of methoxy groups -OCH3 is 3. The topological polar surface area (TPSA) is 189 Å². The Bertz CT molecular complexity index is 1220. The first-order valence-corrected chi connectivity index (χ1v) is 14.3. The van der Waals surface area contributed by atoms with Crippen molar-refractivity contribution >= 4 is 29.8 Å². The maximum atomic E-state index is 13.6. The van der Waals surface area contributed by atoms with E-state index in [1.54, 1.807) is 19.9 Å². The monoisotopic (exact) mass is 638 g/mol. The Morgan fingerprint density at radius 3 is 1.80 bits per heavy atom. The Labute approximate surface area is 259 Å². The van der Waals surface area contributed by atoms with Crippen LogP contribution in [0.15, 0.2) is 30.4 Å². The van der Waals surface area contributed by atoms with Gasteiger partial charge in [-0.3, -0.25) is 19.2 Å². The lowest BCUT2D eigenvalue weighted by molar-refractivity contribution is -0.301. The fraction of sp³-hybridized carbons (Fsp3) is 0.567. The molecule has 0 amide bonds. The van der Waals surface area contributed by atoms with Gasteiger partial charge < -0.3 is 47.7 Å². The van der Waals surface area contributed by atoms with Crippen LogP contribution in [-0.4, -0.2) is 107 Å². The van der Waals surface area contributed by atoms with Gasteiger partial charge in [0.25, 0.3) is 0 Å². The molecule has 0 aliphatic carbocycles. The van der Waals surface area contributed by atoms with Crippen molar-refractivity contribution in [1.82, 2.24) is 0 Å². The number of hydrogen-bond acceptors (Lipinski definition) is 15. The fourth-order valence-corrected chi connectivity index (χ4v) is 4.81. The smallest absolute Gasteiger partial charge is 0.346 e. The highest BCUT2D eigenvalue weighted by Gasteiger charge is 2.54. The second-order valence-corrected chi connectivity index (χ2v) is 9.72. The molecule has 15 heteroatoms. The van der Waals surface area contributed by atoms with Gasteiger partial charge in [-0.15, -0.1) is 0 Å². The van der Waals surface area contributed by atoms with Gasteiger partial charge in [0.05, 0.1) is 34.0 Å². The molecule has 1 fully saturated rings. The fourth-order valence-electron chi connectivity index (χ4n) is 4.81. The Kier molecular flexibility index (Phi) is 13.1. The van der Waals surface area contributed by atoms with E-state index in [9.17, 15) is 29.1 Å².